The summed E-state index contributed by atoms with van der Waals surface area (Å²) in [6.45, 7) is 8.22. The van der Waals surface area contributed by atoms with Crippen LogP contribution in [0.3, 0.4) is 0 Å². The number of hydrogen-bond donors (Lipinski definition) is 1. The fraction of sp³-hybridized carbons (Fsp3) is 0.812. The predicted molar refractivity (Wildman–Crippen MR) is 80.1 cm³/mol. The number of hydrogen-bond acceptors (Lipinski definition) is 2. The Balaban J connectivity index is 1.68. The molecule has 3 heteroatoms. The van der Waals surface area contributed by atoms with Crippen molar-refractivity contribution in [3.63, 3.8) is 0 Å². The SMILES string of the molecule is Cn1nccc1CCNC1CCC(C(C)(C)C)CC1. The third kappa shape index (κ3) is 4.07. The summed E-state index contributed by atoms with van der Waals surface area (Å²) in [6, 6.07) is 2.84. The lowest BCUT2D eigenvalue weighted by atomic mass is 9.71. The van der Waals surface area contributed by atoms with Crippen molar-refractivity contribution in [1.29, 1.82) is 0 Å². The predicted octanol–water partition coefficient (Wildman–Crippen LogP) is 3.16. The van der Waals surface area contributed by atoms with E-state index in [4.69, 9.17) is 0 Å². The van der Waals surface area contributed by atoms with Gasteiger partial charge in [-0.1, -0.05) is 20.8 Å². The molecule has 0 radical (unpaired) electrons. The first-order chi connectivity index (χ1) is 8.97. The Bertz CT molecular complexity index is 381. The number of rotatable bonds is 4. The number of aryl methyl sites for hydroxylation is 1. The minimum atomic E-state index is 0.486. The van der Waals surface area contributed by atoms with Crippen LogP contribution in [0.25, 0.3) is 0 Å². The Morgan fingerprint density at radius 2 is 1.95 bits per heavy atom. The molecule has 1 N–H and O–H groups in total. The van der Waals surface area contributed by atoms with Gasteiger partial charge in [-0.2, -0.15) is 5.10 Å². The third-order valence-corrected chi connectivity index (χ3v) is 4.69. The molecule has 0 aromatic carbocycles. The van der Waals surface area contributed by atoms with E-state index in [1.54, 1.807) is 0 Å². The average Bonchev–Trinajstić information content (AvgIpc) is 2.75. The van der Waals surface area contributed by atoms with Crippen molar-refractivity contribution >= 4 is 0 Å². The maximum atomic E-state index is 4.21. The standard InChI is InChI=1S/C16H29N3/c1-16(2,3)13-5-7-14(8-6-13)17-11-9-15-10-12-18-19(15)4/h10,12-14,17H,5-9,11H2,1-4H3. The van der Waals surface area contributed by atoms with E-state index < -0.39 is 0 Å². The van der Waals surface area contributed by atoms with Crippen molar-refractivity contribution in [1.82, 2.24) is 15.1 Å². The molecule has 108 valence electrons. The van der Waals surface area contributed by atoms with Gasteiger partial charge in [-0.3, -0.25) is 4.68 Å². The number of nitrogens with zero attached hydrogens (tertiary/aromatic N) is 2. The highest BCUT2D eigenvalue weighted by atomic mass is 15.3. The molecule has 3 nitrogen and oxygen atoms in total. The molecule has 0 atom stereocenters. The van der Waals surface area contributed by atoms with Gasteiger partial charge in [0.2, 0.25) is 0 Å². The quantitative estimate of drug-likeness (QED) is 0.904. The first kappa shape index (κ1) is 14.6. The van der Waals surface area contributed by atoms with Crippen LogP contribution in [0, 0.1) is 11.3 Å². The molecule has 1 saturated carbocycles. The van der Waals surface area contributed by atoms with E-state index in [0.29, 0.717) is 5.41 Å². The fourth-order valence-corrected chi connectivity index (χ4v) is 3.21. The second-order valence-corrected chi connectivity index (χ2v) is 7.06. The largest absolute Gasteiger partial charge is 0.314 e. The van der Waals surface area contributed by atoms with Crippen LogP contribution in [0.2, 0.25) is 0 Å². The molecule has 0 bridgehead atoms. The van der Waals surface area contributed by atoms with Gasteiger partial charge < -0.3 is 5.32 Å². The molecule has 0 aliphatic heterocycles. The van der Waals surface area contributed by atoms with Gasteiger partial charge in [0.05, 0.1) is 0 Å². The lowest BCUT2D eigenvalue weighted by molar-refractivity contribution is 0.160. The van der Waals surface area contributed by atoms with Crippen LogP contribution in [0.4, 0.5) is 0 Å². The van der Waals surface area contributed by atoms with E-state index in [9.17, 15) is 0 Å². The third-order valence-electron chi connectivity index (χ3n) is 4.69. The summed E-state index contributed by atoms with van der Waals surface area (Å²) in [5.74, 6) is 0.905. The normalized spacial score (nSPS) is 24.6. The molecule has 1 heterocycles. The minimum absolute atomic E-state index is 0.486. The van der Waals surface area contributed by atoms with Gasteiger partial charge >= 0.3 is 0 Å². The number of aromatic nitrogens is 2. The molecule has 2 rings (SSSR count). The average molecular weight is 263 g/mol. The maximum absolute atomic E-state index is 4.21. The van der Waals surface area contributed by atoms with Gasteiger partial charge in [0.25, 0.3) is 0 Å². The summed E-state index contributed by atoms with van der Waals surface area (Å²) in [6.07, 6.45) is 8.40. The smallest absolute Gasteiger partial charge is 0.0492 e. The lowest BCUT2D eigenvalue weighted by Crippen LogP contribution is -2.37. The summed E-state index contributed by atoms with van der Waals surface area (Å²) in [7, 11) is 2.02. The topological polar surface area (TPSA) is 29.9 Å². The maximum Gasteiger partial charge on any atom is 0.0492 e. The number of nitrogens with one attached hydrogen (secondary N) is 1. The summed E-state index contributed by atoms with van der Waals surface area (Å²) < 4.78 is 1.97. The molecular formula is C16H29N3. The Kier molecular flexibility index (Phi) is 4.67. The van der Waals surface area contributed by atoms with Crippen LogP contribution in [0.15, 0.2) is 12.3 Å². The highest BCUT2D eigenvalue weighted by molar-refractivity contribution is 5.00. The van der Waals surface area contributed by atoms with Crippen LogP contribution < -0.4 is 5.32 Å². The van der Waals surface area contributed by atoms with Crippen molar-refractivity contribution < 1.29 is 0 Å². The first-order valence-electron chi connectivity index (χ1n) is 7.67. The molecule has 19 heavy (non-hydrogen) atoms. The molecular weight excluding hydrogens is 234 g/mol. The first-order valence-corrected chi connectivity index (χ1v) is 7.67. The zero-order chi connectivity index (χ0) is 13.9. The molecule has 0 spiro atoms. The van der Waals surface area contributed by atoms with E-state index in [-0.39, 0.29) is 0 Å². The minimum Gasteiger partial charge on any atom is -0.314 e. The van der Waals surface area contributed by atoms with Crippen molar-refractivity contribution in [3.05, 3.63) is 18.0 Å². The summed E-state index contributed by atoms with van der Waals surface area (Å²) in [5, 5.41) is 7.93. The van der Waals surface area contributed by atoms with Crippen molar-refractivity contribution in [2.24, 2.45) is 18.4 Å². The fourth-order valence-electron chi connectivity index (χ4n) is 3.21. The van der Waals surface area contributed by atoms with E-state index in [0.717, 1.165) is 24.9 Å². The van der Waals surface area contributed by atoms with Crippen molar-refractivity contribution in [2.45, 2.75) is 58.9 Å². The molecule has 1 aromatic heterocycles. The van der Waals surface area contributed by atoms with Crippen molar-refractivity contribution in [3.8, 4) is 0 Å². The van der Waals surface area contributed by atoms with E-state index in [1.807, 2.05) is 17.9 Å². The van der Waals surface area contributed by atoms with E-state index in [1.165, 1.54) is 31.4 Å². The molecule has 1 fully saturated rings. The lowest BCUT2D eigenvalue weighted by Gasteiger charge is -2.37. The molecule has 1 aliphatic rings. The second kappa shape index (κ2) is 6.08. The van der Waals surface area contributed by atoms with Crippen LogP contribution in [0.5, 0.6) is 0 Å². The summed E-state index contributed by atoms with van der Waals surface area (Å²) >= 11 is 0. The zero-order valence-corrected chi connectivity index (χ0v) is 12.9. The van der Waals surface area contributed by atoms with Gasteiger partial charge in [-0.25, -0.2) is 0 Å². The Labute approximate surface area is 117 Å². The van der Waals surface area contributed by atoms with Crippen LogP contribution >= 0.6 is 0 Å². The zero-order valence-electron chi connectivity index (χ0n) is 12.9. The van der Waals surface area contributed by atoms with Crippen LogP contribution in [-0.4, -0.2) is 22.4 Å². The molecule has 0 unspecified atom stereocenters. The van der Waals surface area contributed by atoms with Gasteiger partial charge in [0, 0.05) is 37.9 Å². The molecule has 0 amide bonds. The Hall–Kier alpha value is -0.830. The van der Waals surface area contributed by atoms with Gasteiger partial charge in [-0.15, -0.1) is 0 Å². The second-order valence-electron chi connectivity index (χ2n) is 7.06. The summed E-state index contributed by atoms with van der Waals surface area (Å²) in [4.78, 5) is 0. The van der Waals surface area contributed by atoms with Gasteiger partial charge in [0.15, 0.2) is 0 Å². The van der Waals surface area contributed by atoms with E-state index >= 15 is 0 Å². The Morgan fingerprint density at radius 1 is 1.26 bits per heavy atom. The highest BCUT2D eigenvalue weighted by Gasteiger charge is 2.29. The van der Waals surface area contributed by atoms with E-state index in [2.05, 4.69) is 37.3 Å². The molecule has 1 aliphatic carbocycles. The van der Waals surface area contributed by atoms with Gasteiger partial charge in [0.1, 0.15) is 0 Å². The Morgan fingerprint density at radius 3 is 2.47 bits per heavy atom. The summed E-state index contributed by atoms with van der Waals surface area (Å²) in [5.41, 5.74) is 1.80. The molecule has 1 aromatic rings. The van der Waals surface area contributed by atoms with Crippen molar-refractivity contribution in [2.75, 3.05) is 6.54 Å². The highest BCUT2D eigenvalue weighted by Crippen LogP contribution is 2.37. The monoisotopic (exact) mass is 263 g/mol. The van der Waals surface area contributed by atoms with Crippen LogP contribution in [0.1, 0.15) is 52.1 Å². The molecule has 0 saturated heterocycles. The van der Waals surface area contributed by atoms with Gasteiger partial charge in [-0.05, 0) is 43.1 Å². The van der Waals surface area contributed by atoms with Crippen LogP contribution in [-0.2, 0) is 13.5 Å².